The van der Waals surface area contributed by atoms with E-state index in [-0.39, 0.29) is 23.8 Å². The molecule has 5 nitrogen and oxygen atoms in total. The number of carbonyl (C=O) groups is 2. The van der Waals surface area contributed by atoms with Crippen LogP contribution in [0.25, 0.3) is 0 Å². The summed E-state index contributed by atoms with van der Waals surface area (Å²) in [7, 11) is 0. The van der Waals surface area contributed by atoms with Crippen molar-refractivity contribution in [2.24, 2.45) is 5.92 Å². The minimum atomic E-state index is -0.730. The molecule has 1 heterocycles. The van der Waals surface area contributed by atoms with Gasteiger partial charge in [-0.3, -0.25) is 4.79 Å². The molecule has 7 heteroatoms. The number of esters is 1. The van der Waals surface area contributed by atoms with Gasteiger partial charge in [-0.05, 0) is 58.8 Å². The number of nitrogens with zero attached hydrogens (tertiary/aromatic N) is 1. The van der Waals surface area contributed by atoms with Crippen molar-refractivity contribution in [1.82, 2.24) is 4.90 Å². The van der Waals surface area contributed by atoms with Crippen molar-refractivity contribution in [2.75, 3.05) is 19.7 Å². The molecule has 1 fully saturated rings. The quantitative estimate of drug-likeness (QED) is 0.599. The van der Waals surface area contributed by atoms with Crippen LogP contribution in [0.1, 0.15) is 28.8 Å². The van der Waals surface area contributed by atoms with E-state index in [0.29, 0.717) is 28.0 Å². The van der Waals surface area contributed by atoms with Crippen molar-refractivity contribution in [3.8, 4) is 5.75 Å². The molecule has 1 amide bonds. The van der Waals surface area contributed by atoms with Crippen LogP contribution in [0.5, 0.6) is 5.75 Å². The number of amides is 1. The summed E-state index contributed by atoms with van der Waals surface area (Å²) < 4.78 is 6.12. The van der Waals surface area contributed by atoms with Crippen LogP contribution in [0.15, 0.2) is 51.4 Å². The van der Waals surface area contributed by atoms with Gasteiger partial charge in [-0.1, -0.05) is 46.3 Å². The van der Waals surface area contributed by atoms with E-state index < -0.39 is 5.97 Å². The maximum Gasteiger partial charge on any atom is 0.342 e. The van der Waals surface area contributed by atoms with Gasteiger partial charge in [0, 0.05) is 17.6 Å². The Labute approximate surface area is 180 Å². The first-order chi connectivity index (χ1) is 13.4. The van der Waals surface area contributed by atoms with E-state index >= 15 is 0 Å². The highest BCUT2D eigenvalue weighted by Gasteiger charge is 2.24. The van der Waals surface area contributed by atoms with Gasteiger partial charge in [0.15, 0.2) is 6.61 Å². The third-order valence-electron chi connectivity index (χ3n) is 4.91. The maximum absolute atomic E-state index is 12.4. The summed E-state index contributed by atoms with van der Waals surface area (Å²) in [6, 6.07) is 13.4. The Morgan fingerprint density at radius 3 is 2.46 bits per heavy atom. The number of halogens is 2. The van der Waals surface area contributed by atoms with Crippen LogP contribution < -0.4 is 0 Å². The predicted molar refractivity (Wildman–Crippen MR) is 113 cm³/mol. The summed E-state index contributed by atoms with van der Waals surface area (Å²) in [4.78, 5) is 26.3. The van der Waals surface area contributed by atoms with Crippen molar-refractivity contribution in [2.45, 2.75) is 19.3 Å². The molecule has 2 aromatic carbocycles. The Bertz CT molecular complexity index is 849. The highest BCUT2D eigenvalue weighted by atomic mass is 79.9. The van der Waals surface area contributed by atoms with Crippen molar-refractivity contribution < 1.29 is 19.4 Å². The number of phenolic OH excluding ortho intramolecular Hbond substituents is 1. The number of rotatable bonds is 5. The van der Waals surface area contributed by atoms with Crippen molar-refractivity contribution >= 4 is 43.7 Å². The summed E-state index contributed by atoms with van der Waals surface area (Å²) in [5.74, 6) is -0.584. The number of benzene rings is 2. The van der Waals surface area contributed by atoms with Crippen LogP contribution >= 0.6 is 31.9 Å². The highest BCUT2D eigenvalue weighted by molar-refractivity contribution is 9.11. The number of ether oxygens (including phenoxy) is 1. The second-order valence-corrected chi connectivity index (χ2v) is 8.64. The zero-order chi connectivity index (χ0) is 20.1. The van der Waals surface area contributed by atoms with Crippen molar-refractivity contribution in [1.29, 1.82) is 0 Å². The summed E-state index contributed by atoms with van der Waals surface area (Å²) in [5, 5.41) is 9.99. The number of piperidine rings is 1. The van der Waals surface area contributed by atoms with Gasteiger partial charge in [-0.15, -0.1) is 0 Å². The van der Waals surface area contributed by atoms with Gasteiger partial charge in [0.05, 0.1) is 4.47 Å². The Balaban J connectivity index is 1.48. The minimum Gasteiger partial charge on any atom is -0.506 e. The van der Waals surface area contributed by atoms with E-state index in [4.69, 9.17) is 4.74 Å². The van der Waals surface area contributed by atoms with E-state index in [0.717, 1.165) is 19.3 Å². The fourth-order valence-electron chi connectivity index (χ4n) is 3.35. The largest absolute Gasteiger partial charge is 0.506 e. The molecule has 1 aliphatic rings. The predicted octanol–water partition coefficient (Wildman–Crippen LogP) is 4.56. The van der Waals surface area contributed by atoms with E-state index in [9.17, 15) is 14.7 Å². The Kier molecular flexibility index (Phi) is 7.13. The Morgan fingerprint density at radius 2 is 1.79 bits per heavy atom. The van der Waals surface area contributed by atoms with E-state index in [2.05, 4.69) is 44.0 Å². The molecule has 2 aromatic rings. The maximum atomic E-state index is 12.4. The minimum absolute atomic E-state index is 0.00983. The van der Waals surface area contributed by atoms with Crippen LogP contribution in [-0.4, -0.2) is 41.6 Å². The van der Waals surface area contributed by atoms with Gasteiger partial charge < -0.3 is 14.7 Å². The fourth-order valence-corrected chi connectivity index (χ4v) is 4.58. The zero-order valence-electron chi connectivity index (χ0n) is 15.2. The standard InChI is InChI=1S/C21H21Br2NO4/c22-16-11-17(20(26)18(23)12-16)21(27)28-13-19(25)24-8-6-15(7-9-24)10-14-4-2-1-3-5-14/h1-5,11-12,15,26H,6-10,13H2. The summed E-state index contributed by atoms with van der Waals surface area (Å²) >= 11 is 6.44. The molecule has 0 atom stereocenters. The lowest BCUT2D eigenvalue weighted by Crippen LogP contribution is -2.41. The van der Waals surface area contributed by atoms with Crippen molar-refractivity contribution in [3.63, 3.8) is 0 Å². The topological polar surface area (TPSA) is 66.8 Å². The first-order valence-electron chi connectivity index (χ1n) is 9.11. The van der Waals surface area contributed by atoms with E-state index in [1.807, 2.05) is 18.2 Å². The van der Waals surface area contributed by atoms with Crippen LogP contribution in [-0.2, 0) is 16.0 Å². The second kappa shape index (κ2) is 9.56. The van der Waals surface area contributed by atoms with E-state index in [1.165, 1.54) is 11.6 Å². The molecule has 148 valence electrons. The van der Waals surface area contributed by atoms with Crippen LogP contribution in [0.2, 0.25) is 0 Å². The molecule has 1 saturated heterocycles. The smallest absolute Gasteiger partial charge is 0.342 e. The number of phenols is 1. The third kappa shape index (κ3) is 5.35. The summed E-state index contributed by atoms with van der Waals surface area (Å²) in [6.45, 7) is 1.01. The summed E-state index contributed by atoms with van der Waals surface area (Å²) in [6.07, 6.45) is 2.90. The van der Waals surface area contributed by atoms with Crippen LogP contribution in [0.3, 0.4) is 0 Å². The van der Waals surface area contributed by atoms with Gasteiger partial charge in [0.1, 0.15) is 11.3 Å². The van der Waals surface area contributed by atoms with Crippen LogP contribution in [0, 0.1) is 5.92 Å². The molecule has 0 aromatic heterocycles. The van der Waals surface area contributed by atoms with Gasteiger partial charge >= 0.3 is 5.97 Å². The first-order valence-corrected chi connectivity index (χ1v) is 10.7. The molecule has 0 spiro atoms. The highest BCUT2D eigenvalue weighted by Crippen LogP contribution is 2.32. The number of carbonyl (C=O) groups excluding carboxylic acids is 2. The monoisotopic (exact) mass is 509 g/mol. The SMILES string of the molecule is O=C(OCC(=O)N1CCC(Cc2ccccc2)CC1)c1cc(Br)cc(Br)c1O. The number of likely N-dealkylation sites (tertiary alicyclic amines) is 1. The zero-order valence-corrected chi connectivity index (χ0v) is 18.4. The van der Waals surface area contributed by atoms with Crippen molar-refractivity contribution in [3.05, 3.63) is 62.5 Å². The second-order valence-electron chi connectivity index (χ2n) is 6.87. The molecule has 0 saturated carbocycles. The van der Waals surface area contributed by atoms with Gasteiger partial charge in [0.2, 0.25) is 0 Å². The number of hydrogen-bond donors (Lipinski definition) is 1. The lowest BCUT2D eigenvalue weighted by Gasteiger charge is -2.32. The first kappa shape index (κ1) is 20.9. The fraction of sp³-hybridized carbons (Fsp3) is 0.333. The molecule has 0 radical (unpaired) electrons. The average molecular weight is 511 g/mol. The molecule has 0 bridgehead atoms. The third-order valence-corrected chi connectivity index (χ3v) is 5.97. The lowest BCUT2D eigenvalue weighted by molar-refractivity contribution is -0.135. The molecule has 28 heavy (non-hydrogen) atoms. The molecular weight excluding hydrogens is 490 g/mol. The molecule has 3 rings (SSSR count). The van der Waals surface area contributed by atoms with Gasteiger partial charge in [-0.2, -0.15) is 0 Å². The lowest BCUT2D eigenvalue weighted by atomic mass is 9.90. The Morgan fingerprint density at radius 1 is 1.11 bits per heavy atom. The average Bonchev–Trinajstić information content (AvgIpc) is 2.70. The van der Waals surface area contributed by atoms with Crippen LogP contribution in [0.4, 0.5) is 0 Å². The molecule has 0 unspecified atom stereocenters. The Hall–Kier alpha value is -1.86. The molecular formula is C21H21Br2NO4. The number of hydrogen-bond acceptors (Lipinski definition) is 4. The summed E-state index contributed by atoms with van der Waals surface area (Å²) in [5.41, 5.74) is 1.33. The molecule has 1 N–H and O–H groups in total. The molecule has 1 aliphatic heterocycles. The van der Waals surface area contributed by atoms with Gasteiger partial charge in [-0.25, -0.2) is 4.79 Å². The van der Waals surface area contributed by atoms with Gasteiger partial charge in [0.25, 0.3) is 5.91 Å². The number of aromatic hydroxyl groups is 1. The normalized spacial score (nSPS) is 14.7. The molecule has 0 aliphatic carbocycles. The van der Waals surface area contributed by atoms with E-state index in [1.54, 1.807) is 11.0 Å².